The third kappa shape index (κ3) is 4.46. The maximum absolute atomic E-state index is 12.8. The zero-order chi connectivity index (χ0) is 16.0. The van der Waals surface area contributed by atoms with E-state index in [0.717, 1.165) is 0 Å². The van der Waals surface area contributed by atoms with Gasteiger partial charge in [0.15, 0.2) is 0 Å². The zero-order valence-corrected chi connectivity index (χ0v) is 12.8. The second-order valence-corrected chi connectivity index (χ2v) is 4.69. The number of nitrogens with zero attached hydrogens (tertiary/aromatic N) is 1. The van der Waals surface area contributed by atoms with Crippen LogP contribution in [-0.4, -0.2) is 17.4 Å². The number of nitrogens with two attached hydrogens (primary N) is 1. The van der Waals surface area contributed by atoms with Crippen molar-refractivity contribution in [3.63, 3.8) is 0 Å². The third-order valence-electron chi connectivity index (χ3n) is 2.82. The van der Waals surface area contributed by atoms with Crippen molar-refractivity contribution in [2.45, 2.75) is 13.8 Å². The van der Waals surface area contributed by atoms with Crippen LogP contribution in [0.5, 0.6) is 0 Å². The molecule has 0 aliphatic heterocycles. The molecular formula is C16H18ClFN2O. The summed E-state index contributed by atoms with van der Waals surface area (Å²) in [6, 6.07) is 4.73. The third-order valence-corrected chi connectivity index (χ3v) is 3.15. The van der Waals surface area contributed by atoms with E-state index >= 15 is 0 Å². The van der Waals surface area contributed by atoms with Crippen molar-refractivity contribution in [2.75, 3.05) is 12.3 Å². The second kappa shape index (κ2) is 7.64. The van der Waals surface area contributed by atoms with Gasteiger partial charge in [-0.25, -0.2) is 4.39 Å². The predicted octanol–water partition coefficient (Wildman–Crippen LogP) is 4.33. The first kappa shape index (κ1) is 17.0. The molecule has 112 valence electrons. The number of likely N-dealkylation sites (N-methyl/N-ethyl adjacent to an activating group) is 1. The molecule has 0 aliphatic rings. The number of hydrogen-bond donors (Lipinski definition) is 1. The van der Waals surface area contributed by atoms with Crippen molar-refractivity contribution < 1.29 is 9.18 Å². The van der Waals surface area contributed by atoms with Gasteiger partial charge < -0.3 is 10.6 Å². The van der Waals surface area contributed by atoms with Crippen LogP contribution in [0.2, 0.25) is 5.02 Å². The van der Waals surface area contributed by atoms with Gasteiger partial charge in [0, 0.05) is 17.9 Å². The zero-order valence-electron chi connectivity index (χ0n) is 12.1. The topological polar surface area (TPSA) is 46.3 Å². The average molecular weight is 309 g/mol. The van der Waals surface area contributed by atoms with Crippen LogP contribution in [0.15, 0.2) is 54.5 Å². The van der Waals surface area contributed by atoms with Gasteiger partial charge in [-0.3, -0.25) is 4.79 Å². The fourth-order valence-corrected chi connectivity index (χ4v) is 2.01. The van der Waals surface area contributed by atoms with Gasteiger partial charge in [0.25, 0.3) is 5.91 Å². The molecule has 21 heavy (non-hydrogen) atoms. The van der Waals surface area contributed by atoms with Crippen molar-refractivity contribution in [1.29, 1.82) is 0 Å². The Labute approximate surface area is 129 Å². The molecule has 2 N–H and O–H groups in total. The van der Waals surface area contributed by atoms with Crippen molar-refractivity contribution in [2.24, 2.45) is 0 Å². The Balaban J connectivity index is 3.16. The van der Waals surface area contributed by atoms with Crippen LogP contribution in [0.3, 0.4) is 0 Å². The maximum atomic E-state index is 12.8. The molecule has 0 saturated carbocycles. The van der Waals surface area contributed by atoms with Crippen molar-refractivity contribution >= 4 is 23.2 Å². The van der Waals surface area contributed by atoms with E-state index in [1.807, 2.05) is 6.92 Å². The molecule has 3 nitrogen and oxygen atoms in total. The summed E-state index contributed by atoms with van der Waals surface area (Å²) < 4.78 is 12.8. The number of allylic oxidation sites excluding steroid dienone is 4. The van der Waals surface area contributed by atoms with E-state index in [4.69, 9.17) is 17.3 Å². The number of carbonyl (C=O) groups excluding carboxylic acids is 1. The summed E-state index contributed by atoms with van der Waals surface area (Å²) in [5, 5.41) is 0.321. The molecule has 0 unspecified atom stereocenters. The number of benzene rings is 1. The molecule has 1 rings (SSSR count). The van der Waals surface area contributed by atoms with E-state index in [0.29, 0.717) is 28.5 Å². The summed E-state index contributed by atoms with van der Waals surface area (Å²) in [6.07, 6.45) is 4.40. The average Bonchev–Trinajstić information content (AvgIpc) is 2.45. The van der Waals surface area contributed by atoms with Gasteiger partial charge in [0.2, 0.25) is 0 Å². The fourth-order valence-electron chi connectivity index (χ4n) is 1.81. The summed E-state index contributed by atoms with van der Waals surface area (Å²) in [5.41, 5.74) is 7.01. The second-order valence-electron chi connectivity index (χ2n) is 4.28. The molecule has 0 atom stereocenters. The first-order chi connectivity index (χ1) is 9.90. The summed E-state index contributed by atoms with van der Waals surface area (Å²) in [5.74, 6) is -0.878. The Morgan fingerprint density at radius 1 is 1.48 bits per heavy atom. The lowest BCUT2D eigenvalue weighted by Crippen LogP contribution is -2.29. The Bertz CT molecular complexity index is 608. The number of anilines is 1. The first-order valence-electron chi connectivity index (χ1n) is 6.46. The molecule has 0 spiro atoms. The van der Waals surface area contributed by atoms with E-state index in [9.17, 15) is 9.18 Å². The van der Waals surface area contributed by atoms with Gasteiger partial charge in [0.1, 0.15) is 5.83 Å². The molecule has 0 fully saturated rings. The molecule has 0 saturated heterocycles. The van der Waals surface area contributed by atoms with Crippen molar-refractivity contribution in [1.82, 2.24) is 4.90 Å². The van der Waals surface area contributed by atoms with Gasteiger partial charge in [-0.2, -0.15) is 0 Å². The monoisotopic (exact) mass is 308 g/mol. The van der Waals surface area contributed by atoms with E-state index in [1.165, 1.54) is 23.1 Å². The minimum Gasteiger partial charge on any atom is -0.399 e. The van der Waals surface area contributed by atoms with Gasteiger partial charge in [0.05, 0.1) is 10.6 Å². The minimum atomic E-state index is -0.583. The Morgan fingerprint density at radius 3 is 2.67 bits per heavy atom. The quantitative estimate of drug-likeness (QED) is 0.650. The van der Waals surface area contributed by atoms with E-state index < -0.39 is 5.83 Å². The van der Waals surface area contributed by atoms with Crippen LogP contribution in [-0.2, 0) is 0 Å². The number of rotatable bonds is 5. The maximum Gasteiger partial charge on any atom is 0.259 e. The molecule has 0 bridgehead atoms. The summed E-state index contributed by atoms with van der Waals surface area (Å²) >= 11 is 6.05. The molecule has 1 aromatic carbocycles. The molecular weight excluding hydrogens is 291 g/mol. The standard InChI is InChI=1S/C16H18ClFN2O/c1-4-13(8-6-11(3)18)20(5-2)16(21)14-10-12(19)7-9-15(14)17/h4,6-10H,3,5,19H2,1-2H3/b8-6-,13-4+. The van der Waals surface area contributed by atoms with Crippen LogP contribution in [0.1, 0.15) is 24.2 Å². The van der Waals surface area contributed by atoms with E-state index in [2.05, 4.69) is 6.58 Å². The highest BCUT2D eigenvalue weighted by Gasteiger charge is 2.19. The molecule has 1 amide bonds. The first-order valence-corrected chi connectivity index (χ1v) is 6.84. The SMILES string of the molecule is C=C(F)/C=C\C(=C/C)N(CC)C(=O)c1cc(N)ccc1Cl. The molecule has 0 radical (unpaired) electrons. The Kier molecular flexibility index (Phi) is 6.18. The van der Waals surface area contributed by atoms with Crippen LogP contribution < -0.4 is 5.73 Å². The van der Waals surface area contributed by atoms with Gasteiger partial charge in [-0.05, 0) is 44.2 Å². The van der Waals surface area contributed by atoms with Crippen LogP contribution in [0.25, 0.3) is 0 Å². The number of carbonyl (C=O) groups is 1. The largest absolute Gasteiger partial charge is 0.399 e. The summed E-state index contributed by atoms with van der Waals surface area (Å²) in [6.45, 7) is 7.14. The molecule has 5 heteroatoms. The number of nitrogen functional groups attached to an aromatic ring is 1. The normalized spacial score (nSPS) is 11.7. The lowest BCUT2D eigenvalue weighted by atomic mass is 10.1. The molecule has 0 aromatic heterocycles. The fraction of sp³-hybridized carbons (Fsp3) is 0.188. The molecule has 0 aliphatic carbocycles. The predicted molar refractivity (Wildman–Crippen MR) is 85.7 cm³/mol. The Hall–Kier alpha value is -2.07. The van der Waals surface area contributed by atoms with Gasteiger partial charge >= 0.3 is 0 Å². The minimum absolute atomic E-state index is 0.294. The highest BCUT2D eigenvalue weighted by Crippen LogP contribution is 2.22. The summed E-state index contributed by atoms with van der Waals surface area (Å²) in [4.78, 5) is 14.1. The summed E-state index contributed by atoms with van der Waals surface area (Å²) in [7, 11) is 0. The van der Waals surface area contributed by atoms with Crippen LogP contribution in [0.4, 0.5) is 10.1 Å². The number of hydrogen-bond acceptors (Lipinski definition) is 2. The van der Waals surface area contributed by atoms with Crippen LogP contribution >= 0.6 is 11.6 Å². The van der Waals surface area contributed by atoms with E-state index in [-0.39, 0.29) is 5.91 Å². The van der Waals surface area contributed by atoms with Gasteiger partial charge in [-0.15, -0.1) is 0 Å². The molecule has 0 heterocycles. The highest BCUT2D eigenvalue weighted by atomic mass is 35.5. The smallest absolute Gasteiger partial charge is 0.259 e. The van der Waals surface area contributed by atoms with Crippen LogP contribution in [0, 0.1) is 0 Å². The Morgan fingerprint density at radius 2 is 2.14 bits per heavy atom. The highest BCUT2D eigenvalue weighted by molar-refractivity contribution is 6.34. The van der Waals surface area contributed by atoms with E-state index in [1.54, 1.807) is 25.1 Å². The number of amides is 1. The molecule has 1 aromatic rings. The lowest BCUT2D eigenvalue weighted by Gasteiger charge is -2.22. The van der Waals surface area contributed by atoms with Crippen molar-refractivity contribution in [3.8, 4) is 0 Å². The number of halogens is 2. The lowest BCUT2D eigenvalue weighted by molar-refractivity contribution is 0.0817. The van der Waals surface area contributed by atoms with Gasteiger partial charge in [-0.1, -0.05) is 24.3 Å². The van der Waals surface area contributed by atoms with Crippen molar-refractivity contribution in [3.05, 3.63) is 65.1 Å².